The van der Waals surface area contributed by atoms with Crippen molar-refractivity contribution in [1.82, 2.24) is 24.5 Å². The van der Waals surface area contributed by atoms with Gasteiger partial charge in [-0.25, -0.2) is 0 Å². The lowest BCUT2D eigenvalue weighted by atomic mass is 10.1. The van der Waals surface area contributed by atoms with E-state index in [0.29, 0.717) is 24.5 Å². The van der Waals surface area contributed by atoms with E-state index in [2.05, 4.69) is 15.5 Å². The highest BCUT2D eigenvalue weighted by molar-refractivity contribution is 6.02. The van der Waals surface area contributed by atoms with E-state index in [9.17, 15) is 19.7 Å². The SMILES string of the molecule is Cn1ncc(NC(=O)CCn2ccc([N+](=O)[O-])n2)c1C(=O)N1CCCCC1. The van der Waals surface area contributed by atoms with Gasteiger partial charge >= 0.3 is 5.82 Å². The minimum atomic E-state index is -0.593. The van der Waals surface area contributed by atoms with Gasteiger partial charge in [-0.05, 0) is 24.2 Å². The number of carbonyl (C=O) groups excluding carboxylic acids is 2. The van der Waals surface area contributed by atoms with Gasteiger partial charge in [0.2, 0.25) is 5.91 Å². The summed E-state index contributed by atoms with van der Waals surface area (Å²) < 4.78 is 2.80. The molecule has 3 rings (SSSR count). The Labute approximate surface area is 155 Å². The van der Waals surface area contributed by atoms with Crippen molar-refractivity contribution < 1.29 is 14.5 Å². The Bertz CT molecular complexity index is 851. The number of hydrogen-bond donors (Lipinski definition) is 1. The van der Waals surface area contributed by atoms with Crippen LogP contribution in [0.1, 0.15) is 36.2 Å². The van der Waals surface area contributed by atoms with E-state index in [1.807, 2.05) is 0 Å². The highest BCUT2D eigenvalue weighted by Crippen LogP contribution is 2.19. The van der Waals surface area contributed by atoms with Crippen molar-refractivity contribution in [3.05, 3.63) is 34.3 Å². The highest BCUT2D eigenvalue weighted by Gasteiger charge is 2.25. The molecule has 27 heavy (non-hydrogen) atoms. The molecule has 3 heterocycles. The first kappa shape index (κ1) is 18.5. The van der Waals surface area contributed by atoms with Gasteiger partial charge in [-0.15, -0.1) is 0 Å². The standard InChI is InChI=1S/C16H21N7O4/c1-20-15(16(25)21-7-3-2-4-8-21)12(11-17-20)18-14(24)6-10-22-9-5-13(19-22)23(26)27/h5,9,11H,2-4,6-8,10H2,1H3,(H,18,24). The molecule has 2 aromatic rings. The van der Waals surface area contributed by atoms with Crippen LogP contribution in [0.4, 0.5) is 11.5 Å². The van der Waals surface area contributed by atoms with Gasteiger partial charge in [-0.1, -0.05) is 0 Å². The molecule has 144 valence electrons. The summed E-state index contributed by atoms with van der Waals surface area (Å²) in [6, 6.07) is 1.27. The Kier molecular flexibility index (Phi) is 5.48. The van der Waals surface area contributed by atoms with Crippen LogP contribution in [0.15, 0.2) is 18.5 Å². The predicted octanol–water partition coefficient (Wildman–Crippen LogP) is 1.18. The Balaban J connectivity index is 1.62. The number of nitro groups is 1. The van der Waals surface area contributed by atoms with Gasteiger partial charge < -0.3 is 20.3 Å². The van der Waals surface area contributed by atoms with Crippen molar-refractivity contribution >= 4 is 23.3 Å². The van der Waals surface area contributed by atoms with E-state index in [0.717, 1.165) is 19.3 Å². The van der Waals surface area contributed by atoms with Crippen molar-refractivity contribution in [3.63, 3.8) is 0 Å². The first-order valence-electron chi connectivity index (χ1n) is 8.74. The molecule has 2 aromatic heterocycles. The number of aryl methyl sites for hydroxylation is 2. The van der Waals surface area contributed by atoms with Gasteiger partial charge in [0, 0.05) is 26.6 Å². The summed E-state index contributed by atoms with van der Waals surface area (Å²) >= 11 is 0. The molecule has 0 saturated carbocycles. The lowest BCUT2D eigenvalue weighted by molar-refractivity contribution is -0.389. The number of anilines is 1. The van der Waals surface area contributed by atoms with Crippen molar-refractivity contribution in [3.8, 4) is 0 Å². The molecule has 1 saturated heterocycles. The van der Waals surface area contributed by atoms with Crippen LogP contribution in [0.3, 0.4) is 0 Å². The molecule has 11 nitrogen and oxygen atoms in total. The van der Waals surface area contributed by atoms with Crippen LogP contribution in [0, 0.1) is 10.1 Å². The molecule has 0 radical (unpaired) electrons. The number of likely N-dealkylation sites (tertiary alicyclic amines) is 1. The number of nitrogens with zero attached hydrogens (tertiary/aromatic N) is 6. The Hall–Kier alpha value is -3.24. The maximum Gasteiger partial charge on any atom is 0.389 e. The average Bonchev–Trinajstić information content (AvgIpc) is 3.27. The summed E-state index contributed by atoms with van der Waals surface area (Å²) in [5, 5.41) is 21.2. The zero-order chi connectivity index (χ0) is 19.4. The van der Waals surface area contributed by atoms with E-state index in [4.69, 9.17) is 0 Å². The number of carbonyl (C=O) groups is 2. The molecule has 0 spiro atoms. The van der Waals surface area contributed by atoms with Gasteiger partial charge in [0.25, 0.3) is 5.91 Å². The van der Waals surface area contributed by atoms with E-state index >= 15 is 0 Å². The molecular formula is C16H21N7O4. The highest BCUT2D eigenvalue weighted by atomic mass is 16.6. The molecule has 0 aliphatic carbocycles. The molecular weight excluding hydrogens is 354 g/mol. The second kappa shape index (κ2) is 7.98. The molecule has 1 aliphatic rings. The number of hydrogen-bond acceptors (Lipinski definition) is 6. The van der Waals surface area contributed by atoms with Crippen LogP contribution >= 0.6 is 0 Å². The van der Waals surface area contributed by atoms with Gasteiger partial charge in [0.15, 0.2) is 0 Å². The number of amides is 2. The molecule has 0 unspecified atom stereocenters. The molecule has 1 aliphatic heterocycles. The van der Waals surface area contributed by atoms with Crippen LogP contribution in [0.5, 0.6) is 0 Å². The van der Waals surface area contributed by atoms with E-state index in [-0.39, 0.29) is 30.6 Å². The third-order valence-corrected chi connectivity index (χ3v) is 4.44. The van der Waals surface area contributed by atoms with Crippen LogP contribution in [-0.2, 0) is 18.4 Å². The van der Waals surface area contributed by atoms with Crippen molar-refractivity contribution in [2.75, 3.05) is 18.4 Å². The fraction of sp³-hybridized carbons (Fsp3) is 0.500. The summed E-state index contributed by atoms with van der Waals surface area (Å²) in [6.45, 7) is 1.60. The van der Waals surface area contributed by atoms with Crippen molar-refractivity contribution in [2.45, 2.75) is 32.2 Å². The van der Waals surface area contributed by atoms with Crippen LogP contribution in [0.2, 0.25) is 0 Å². The second-order valence-corrected chi connectivity index (χ2v) is 6.38. The molecule has 1 fully saturated rings. The molecule has 11 heteroatoms. The van der Waals surface area contributed by atoms with Gasteiger partial charge in [-0.3, -0.25) is 14.3 Å². The van der Waals surface area contributed by atoms with E-state index in [1.54, 1.807) is 11.9 Å². The number of piperidine rings is 1. The van der Waals surface area contributed by atoms with Crippen LogP contribution < -0.4 is 5.32 Å². The third kappa shape index (κ3) is 4.30. The molecule has 0 aromatic carbocycles. The zero-order valence-electron chi connectivity index (χ0n) is 15.0. The third-order valence-electron chi connectivity index (χ3n) is 4.44. The predicted molar refractivity (Wildman–Crippen MR) is 95.1 cm³/mol. The topological polar surface area (TPSA) is 128 Å². The summed E-state index contributed by atoms with van der Waals surface area (Å²) in [6.07, 6.45) is 6.02. The summed E-state index contributed by atoms with van der Waals surface area (Å²) in [7, 11) is 1.66. The van der Waals surface area contributed by atoms with Crippen LogP contribution in [0.25, 0.3) is 0 Å². The first-order chi connectivity index (χ1) is 13.0. The fourth-order valence-electron chi connectivity index (χ4n) is 3.03. The lowest BCUT2D eigenvalue weighted by Crippen LogP contribution is -2.37. The maximum absolute atomic E-state index is 12.8. The monoisotopic (exact) mass is 375 g/mol. The molecule has 0 atom stereocenters. The van der Waals surface area contributed by atoms with Gasteiger partial charge in [-0.2, -0.15) is 9.78 Å². The van der Waals surface area contributed by atoms with Gasteiger partial charge in [0.1, 0.15) is 5.69 Å². The quantitative estimate of drug-likeness (QED) is 0.596. The largest absolute Gasteiger partial charge is 0.389 e. The molecule has 2 amide bonds. The molecule has 1 N–H and O–H groups in total. The normalized spacial score (nSPS) is 14.2. The van der Waals surface area contributed by atoms with E-state index < -0.39 is 4.92 Å². The minimum Gasteiger partial charge on any atom is -0.358 e. The Morgan fingerprint density at radius 2 is 2.04 bits per heavy atom. The number of rotatable bonds is 6. The first-order valence-corrected chi connectivity index (χ1v) is 8.74. The summed E-state index contributed by atoms with van der Waals surface area (Å²) in [5.41, 5.74) is 0.712. The number of nitrogens with one attached hydrogen (secondary N) is 1. The molecule has 0 bridgehead atoms. The lowest BCUT2D eigenvalue weighted by Gasteiger charge is -2.27. The average molecular weight is 375 g/mol. The summed E-state index contributed by atoms with van der Waals surface area (Å²) in [4.78, 5) is 36.8. The summed E-state index contributed by atoms with van der Waals surface area (Å²) in [5.74, 6) is -0.737. The number of aromatic nitrogens is 4. The van der Waals surface area contributed by atoms with Gasteiger partial charge in [0.05, 0.1) is 35.8 Å². The Morgan fingerprint density at radius 1 is 1.30 bits per heavy atom. The Morgan fingerprint density at radius 3 is 2.70 bits per heavy atom. The van der Waals surface area contributed by atoms with Crippen molar-refractivity contribution in [1.29, 1.82) is 0 Å². The zero-order valence-corrected chi connectivity index (χ0v) is 15.0. The smallest absolute Gasteiger partial charge is 0.358 e. The fourth-order valence-corrected chi connectivity index (χ4v) is 3.03. The van der Waals surface area contributed by atoms with E-state index in [1.165, 1.54) is 27.8 Å². The minimum absolute atomic E-state index is 0.0606. The second-order valence-electron chi connectivity index (χ2n) is 6.38. The van der Waals surface area contributed by atoms with Crippen molar-refractivity contribution in [2.24, 2.45) is 7.05 Å². The maximum atomic E-state index is 12.8. The van der Waals surface area contributed by atoms with Crippen LogP contribution in [-0.4, -0.2) is 54.3 Å².